The zero-order chi connectivity index (χ0) is 14.0. The molecule has 0 saturated carbocycles. The Balaban J connectivity index is 2.30. The van der Waals surface area contributed by atoms with Gasteiger partial charge >= 0.3 is 5.97 Å². The van der Waals surface area contributed by atoms with E-state index in [1.54, 1.807) is 19.2 Å². The summed E-state index contributed by atoms with van der Waals surface area (Å²) in [4.78, 5) is 27.1. The summed E-state index contributed by atoms with van der Waals surface area (Å²) in [5.41, 5.74) is 0.0750. The fourth-order valence-electron chi connectivity index (χ4n) is 1.96. The molecule has 0 spiro atoms. The highest BCUT2D eigenvalue weighted by Gasteiger charge is 2.12. The molecule has 100 valence electrons. The van der Waals surface area contributed by atoms with Gasteiger partial charge in [0, 0.05) is 31.2 Å². The Morgan fingerprint density at radius 2 is 2.05 bits per heavy atom. The molecule has 0 atom stereocenters. The van der Waals surface area contributed by atoms with Crippen molar-refractivity contribution in [2.75, 3.05) is 0 Å². The number of rotatable bonds is 4. The maximum atomic E-state index is 12.0. The lowest BCUT2D eigenvalue weighted by Gasteiger charge is -2.11. The lowest BCUT2D eigenvalue weighted by Crippen LogP contribution is -2.29. The molecular formula is C13H15N3O3. The van der Waals surface area contributed by atoms with Gasteiger partial charge in [-0.3, -0.25) is 4.79 Å². The molecule has 0 aliphatic rings. The number of hydrogen-bond acceptors (Lipinski definition) is 3. The Labute approximate surface area is 109 Å². The van der Waals surface area contributed by atoms with Gasteiger partial charge in [-0.25, -0.2) is 9.78 Å². The van der Waals surface area contributed by atoms with Crippen molar-refractivity contribution in [1.29, 1.82) is 0 Å². The van der Waals surface area contributed by atoms with E-state index in [0.29, 0.717) is 13.1 Å². The number of carboxylic acids is 1. The van der Waals surface area contributed by atoms with Crippen LogP contribution in [0.4, 0.5) is 0 Å². The highest BCUT2D eigenvalue weighted by Crippen LogP contribution is 2.01. The first-order valence-corrected chi connectivity index (χ1v) is 5.92. The van der Waals surface area contributed by atoms with Crippen LogP contribution in [0.25, 0.3) is 0 Å². The number of nitrogens with zero attached hydrogens (tertiary/aromatic N) is 3. The number of pyridine rings is 1. The molecule has 0 aliphatic carbocycles. The lowest BCUT2D eigenvalue weighted by molar-refractivity contribution is 0.0694. The maximum absolute atomic E-state index is 12.0. The average molecular weight is 261 g/mol. The molecule has 2 aromatic heterocycles. The minimum atomic E-state index is -1.20. The third kappa shape index (κ3) is 2.57. The van der Waals surface area contributed by atoms with E-state index in [1.807, 2.05) is 17.7 Å². The molecule has 0 fully saturated rings. The van der Waals surface area contributed by atoms with E-state index in [2.05, 4.69) is 4.98 Å². The molecule has 1 N–H and O–H groups in total. The van der Waals surface area contributed by atoms with Gasteiger partial charge in [-0.1, -0.05) is 0 Å². The molecule has 2 aromatic rings. The van der Waals surface area contributed by atoms with Crippen LogP contribution >= 0.6 is 0 Å². The van der Waals surface area contributed by atoms with Gasteiger partial charge in [-0.15, -0.1) is 0 Å². The second-order valence-corrected chi connectivity index (χ2v) is 4.32. The first-order valence-electron chi connectivity index (χ1n) is 5.92. The summed E-state index contributed by atoms with van der Waals surface area (Å²) in [7, 11) is 0. The molecule has 0 amide bonds. The normalized spacial score (nSPS) is 10.6. The van der Waals surface area contributed by atoms with E-state index in [0.717, 1.165) is 11.5 Å². The molecule has 2 heterocycles. The summed E-state index contributed by atoms with van der Waals surface area (Å²) < 4.78 is 3.39. The molecule has 6 heteroatoms. The van der Waals surface area contributed by atoms with Crippen LogP contribution in [0.15, 0.2) is 29.3 Å². The van der Waals surface area contributed by atoms with Crippen LogP contribution in [0, 0.1) is 13.8 Å². The molecule has 0 aromatic carbocycles. The second kappa shape index (κ2) is 5.09. The van der Waals surface area contributed by atoms with Crippen LogP contribution in [-0.2, 0) is 13.1 Å². The van der Waals surface area contributed by atoms with Gasteiger partial charge < -0.3 is 14.2 Å². The Morgan fingerprint density at radius 1 is 1.32 bits per heavy atom. The quantitative estimate of drug-likeness (QED) is 0.892. The van der Waals surface area contributed by atoms with Gasteiger partial charge in [-0.05, 0) is 26.0 Å². The Hall–Kier alpha value is -2.37. The number of imidazole rings is 1. The van der Waals surface area contributed by atoms with Crippen molar-refractivity contribution >= 4 is 5.97 Å². The van der Waals surface area contributed by atoms with Gasteiger partial charge in [0.15, 0.2) is 0 Å². The largest absolute Gasteiger partial charge is 0.477 e. The average Bonchev–Trinajstić information content (AvgIpc) is 2.74. The summed E-state index contributed by atoms with van der Waals surface area (Å²) in [6.45, 7) is 4.66. The number of aryl methyl sites for hydroxylation is 3. The fourth-order valence-corrected chi connectivity index (χ4v) is 1.96. The van der Waals surface area contributed by atoms with Crippen LogP contribution in [-0.4, -0.2) is 25.2 Å². The lowest BCUT2D eigenvalue weighted by atomic mass is 10.2. The predicted octanol–water partition coefficient (Wildman–Crippen LogP) is 1.06. The van der Waals surface area contributed by atoms with Gasteiger partial charge in [-0.2, -0.15) is 0 Å². The smallest absolute Gasteiger partial charge is 0.341 e. The van der Waals surface area contributed by atoms with E-state index in [1.165, 1.54) is 10.6 Å². The SMILES string of the molecule is Cc1nccn1CCn1c(C)ccc(C(=O)O)c1=O. The molecule has 19 heavy (non-hydrogen) atoms. The number of hydrogen-bond donors (Lipinski definition) is 1. The van der Waals surface area contributed by atoms with Crippen molar-refractivity contribution in [2.24, 2.45) is 0 Å². The van der Waals surface area contributed by atoms with Crippen LogP contribution in [0.3, 0.4) is 0 Å². The van der Waals surface area contributed by atoms with Crippen molar-refractivity contribution in [2.45, 2.75) is 26.9 Å². The van der Waals surface area contributed by atoms with Crippen molar-refractivity contribution in [3.8, 4) is 0 Å². The van der Waals surface area contributed by atoms with Crippen LogP contribution in [0.2, 0.25) is 0 Å². The molecule has 0 unspecified atom stereocenters. The molecule has 0 saturated heterocycles. The Kier molecular flexibility index (Phi) is 3.50. The minimum absolute atomic E-state index is 0.201. The highest BCUT2D eigenvalue weighted by atomic mass is 16.4. The Morgan fingerprint density at radius 3 is 2.63 bits per heavy atom. The third-order valence-electron chi connectivity index (χ3n) is 3.11. The van der Waals surface area contributed by atoms with Crippen molar-refractivity contribution in [3.63, 3.8) is 0 Å². The number of aromatic carboxylic acids is 1. The van der Waals surface area contributed by atoms with E-state index >= 15 is 0 Å². The molecule has 0 radical (unpaired) electrons. The standard InChI is InChI=1S/C13H15N3O3/c1-9-3-4-11(13(18)19)12(17)16(9)8-7-15-6-5-14-10(15)2/h3-6H,7-8H2,1-2H3,(H,18,19). The fraction of sp³-hybridized carbons (Fsp3) is 0.308. The summed E-state index contributed by atoms with van der Waals surface area (Å²) in [6, 6.07) is 2.99. The predicted molar refractivity (Wildman–Crippen MR) is 69.4 cm³/mol. The maximum Gasteiger partial charge on any atom is 0.341 e. The topological polar surface area (TPSA) is 77.1 Å². The molecule has 6 nitrogen and oxygen atoms in total. The first kappa shape index (κ1) is 13.1. The highest BCUT2D eigenvalue weighted by molar-refractivity contribution is 5.87. The number of aromatic nitrogens is 3. The second-order valence-electron chi connectivity index (χ2n) is 4.32. The third-order valence-corrected chi connectivity index (χ3v) is 3.11. The number of carbonyl (C=O) groups is 1. The van der Waals surface area contributed by atoms with Gasteiger partial charge in [0.25, 0.3) is 5.56 Å². The molecule has 0 bridgehead atoms. The zero-order valence-electron chi connectivity index (χ0n) is 10.8. The summed E-state index contributed by atoms with van der Waals surface area (Å²) in [6.07, 6.45) is 3.52. The van der Waals surface area contributed by atoms with Gasteiger partial charge in [0.05, 0.1) is 0 Å². The van der Waals surface area contributed by atoms with Crippen LogP contribution < -0.4 is 5.56 Å². The Bertz CT molecular complexity index is 670. The van der Waals surface area contributed by atoms with Gasteiger partial charge in [0.2, 0.25) is 0 Å². The minimum Gasteiger partial charge on any atom is -0.477 e. The summed E-state index contributed by atoms with van der Waals surface area (Å²) in [5.74, 6) is -0.336. The van der Waals surface area contributed by atoms with E-state index in [-0.39, 0.29) is 5.56 Å². The monoisotopic (exact) mass is 261 g/mol. The van der Waals surface area contributed by atoms with Crippen molar-refractivity contribution in [1.82, 2.24) is 14.1 Å². The van der Waals surface area contributed by atoms with Crippen LogP contribution in [0.1, 0.15) is 21.9 Å². The summed E-state index contributed by atoms with van der Waals surface area (Å²) in [5, 5.41) is 8.95. The molecule has 2 rings (SSSR count). The number of carboxylic acid groups (broad SMARTS) is 1. The van der Waals surface area contributed by atoms with E-state index in [4.69, 9.17) is 5.11 Å². The molecule has 0 aliphatic heterocycles. The van der Waals surface area contributed by atoms with Crippen LogP contribution in [0.5, 0.6) is 0 Å². The van der Waals surface area contributed by atoms with E-state index < -0.39 is 11.5 Å². The van der Waals surface area contributed by atoms with Crippen molar-refractivity contribution in [3.05, 3.63) is 52.0 Å². The first-order chi connectivity index (χ1) is 9.00. The molecular weight excluding hydrogens is 246 g/mol. The van der Waals surface area contributed by atoms with E-state index in [9.17, 15) is 9.59 Å². The van der Waals surface area contributed by atoms with Crippen molar-refractivity contribution < 1.29 is 9.90 Å². The summed E-state index contributed by atoms with van der Waals surface area (Å²) >= 11 is 0. The van der Waals surface area contributed by atoms with Gasteiger partial charge in [0.1, 0.15) is 11.4 Å². The zero-order valence-corrected chi connectivity index (χ0v) is 10.8.